The van der Waals surface area contributed by atoms with Crippen molar-refractivity contribution in [3.05, 3.63) is 54.9 Å². The Morgan fingerprint density at radius 3 is 2.76 bits per heavy atom. The van der Waals surface area contributed by atoms with Crippen molar-refractivity contribution in [3.63, 3.8) is 0 Å². The monoisotopic (exact) mass is 279 g/mol. The highest BCUT2D eigenvalue weighted by atomic mass is 16.5. The maximum atomic E-state index is 5.79. The molecule has 4 heteroatoms. The SMILES string of the molecule is CCCNc1cncc(Oc2ccc3ccccc3c2)n1. The van der Waals surface area contributed by atoms with E-state index in [0.29, 0.717) is 5.88 Å². The highest BCUT2D eigenvalue weighted by Gasteiger charge is 2.02. The molecule has 0 aliphatic carbocycles. The van der Waals surface area contributed by atoms with Gasteiger partial charge in [-0.3, -0.25) is 4.98 Å². The van der Waals surface area contributed by atoms with E-state index in [-0.39, 0.29) is 0 Å². The quantitative estimate of drug-likeness (QED) is 0.758. The number of fused-ring (bicyclic) bond motifs is 1. The first-order valence-corrected chi connectivity index (χ1v) is 7.08. The van der Waals surface area contributed by atoms with E-state index in [0.717, 1.165) is 29.9 Å². The lowest BCUT2D eigenvalue weighted by Crippen LogP contribution is -2.02. The molecule has 21 heavy (non-hydrogen) atoms. The van der Waals surface area contributed by atoms with Gasteiger partial charge < -0.3 is 10.1 Å². The molecule has 0 unspecified atom stereocenters. The van der Waals surface area contributed by atoms with Crippen molar-refractivity contribution in [3.8, 4) is 11.6 Å². The van der Waals surface area contributed by atoms with Crippen LogP contribution in [0.25, 0.3) is 10.8 Å². The molecule has 0 fully saturated rings. The smallest absolute Gasteiger partial charge is 0.239 e. The Morgan fingerprint density at radius 1 is 1.05 bits per heavy atom. The van der Waals surface area contributed by atoms with Gasteiger partial charge in [-0.1, -0.05) is 37.3 Å². The molecule has 0 amide bonds. The van der Waals surface area contributed by atoms with Crippen LogP contribution >= 0.6 is 0 Å². The molecule has 3 rings (SSSR count). The lowest BCUT2D eigenvalue weighted by Gasteiger charge is -2.08. The summed E-state index contributed by atoms with van der Waals surface area (Å²) in [6.07, 6.45) is 4.35. The van der Waals surface area contributed by atoms with E-state index in [4.69, 9.17) is 4.74 Å². The zero-order valence-corrected chi connectivity index (χ0v) is 11.9. The Kier molecular flexibility index (Phi) is 3.96. The van der Waals surface area contributed by atoms with Crippen LogP contribution in [0, 0.1) is 0 Å². The highest BCUT2D eigenvalue weighted by Crippen LogP contribution is 2.24. The highest BCUT2D eigenvalue weighted by molar-refractivity contribution is 5.83. The lowest BCUT2D eigenvalue weighted by atomic mass is 10.1. The van der Waals surface area contributed by atoms with Crippen LogP contribution in [0.2, 0.25) is 0 Å². The van der Waals surface area contributed by atoms with Gasteiger partial charge >= 0.3 is 0 Å². The zero-order chi connectivity index (χ0) is 14.5. The van der Waals surface area contributed by atoms with Gasteiger partial charge in [0.05, 0.1) is 12.4 Å². The number of anilines is 1. The average Bonchev–Trinajstić information content (AvgIpc) is 2.53. The molecule has 0 spiro atoms. The minimum Gasteiger partial charge on any atom is -0.437 e. The Hall–Kier alpha value is -2.62. The summed E-state index contributed by atoms with van der Waals surface area (Å²) in [6.45, 7) is 2.98. The standard InChI is InChI=1S/C17H17N3O/c1-2-9-19-16-11-18-12-17(20-16)21-15-8-7-13-5-3-4-6-14(13)10-15/h3-8,10-12H,2,9H2,1H3,(H,19,20). The van der Waals surface area contributed by atoms with Gasteiger partial charge in [-0.25, -0.2) is 0 Å². The molecule has 0 saturated heterocycles. The van der Waals surface area contributed by atoms with E-state index in [2.05, 4.69) is 34.3 Å². The summed E-state index contributed by atoms with van der Waals surface area (Å²) >= 11 is 0. The van der Waals surface area contributed by atoms with E-state index in [1.165, 1.54) is 5.39 Å². The number of ether oxygens (including phenoxy) is 1. The van der Waals surface area contributed by atoms with Crippen LogP contribution in [0.5, 0.6) is 11.6 Å². The first kappa shape index (κ1) is 13.4. The van der Waals surface area contributed by atoms with Crippen molar-refractivity contribution in [1.82, 2.24) is 9.97 Å². The Labute approximate surface area is 123 Å². The van der Waals surface area contributed by atoms with Crippen LogP contribution in [0.1, 0.15) is 13.3 Å². The summed E-state index contributed by atoms with van der Waals surface area (Å²) in [4.78, 5) is 8.54. The van der Waals surface area contributed by atoms with Crippen molar-refractivity contribution in [2.45, 2.75) is 13.3 Å². The number of hydrogen-bond donors (Lipinski definition) is 1. The van der Waals surface area contributed by atoms with Crippen molar-refractivity contribution in [2.75, 3.05) is 11.9 Å². The Bertz CT molecular complexity index is 743. The maximum Gasteiger partial charge on any atom is 0.239 e. The van der Waals surface area contributed by atoms with E-state index in [1.807, 2.05) is 30.3 Å². The number of hydrogen-bond acceptors (Lipinski definition) is 4. The molecule has 0 aliphatic rings. The third-order valence-electron chi connectivity index (χ3n) is 3.11. The van der Waals surface area contributed by atoms with E-state index in [1.54, 1.807) is 12.4 Å². The molecular formula is C17H17N3O. The maximum absolute atomic E-state index is 5.79. The second kappa shape index (κ2) is 6.22. The molecule has 0 aliphatic heterocycles. The normalized spacial score (nSPS) is 10.5. The van der Waals surface area contributed by atoms with Crippen molar-refractivity contribution < 1.29 is 4.74 Å². The molecule has 1 heterocycles. The van der Waals surface area contributed by atoms with Crippen LogP contribution in [0.15, 0.2) is 54.9 Å². The predicted molar refractivity (Wildman–Crippen MR) is 84.8 cm³/mol. The fourth-order valence-corrected chi connectivity index (χ4v) is 2.09. The molecule has 0 atom stereocenters. The van der Waals surface area contributed by atoms with Gasteiger partial charge in [-0.05, 0) is 29.3 Å². The lowest BCUT2D eigenvalue weighted by molar-refractivity contribution is 0.461. The van der Waals surface area contributed by atoms with Crippen LogP contribution in [0.3, 0.4) is 0 Å². The minimum absolute atomic E-state index is 0.492. The van der Waals surface area contributed by atoms with Gasteiger partial charge in [0.25, 0.3) is 0 Å². The Balaban J connectivity index is 1.81. The second-order valence-corrected chi connectivity index (χ2v) is 4.78. The fourth-order valence-electron chi connectivity index (χ4n) is 2.09. The number of rotatable bonds is 5. The molecule has 106 valence electrons. The van der Waals surface area contributed by atoms with Crippen LogP contribution in [-0.2, 0) is 0 Å². The van der Waals surface area contributed by atoms with Crippen LogP contribution in [0.4, 0.5) is 5.82 Å². The summed E-state index contributed by atoms with van der Waals surface area (Å²) < 4.78 is 5.79. The summed E-state index contributed by atoms with van der Waals surface area (Å²) in [5.74, 6) is 1.98. The third-order valence-corrected chi connectivity index (χ3v) is 3.11. The number of benzene rings is 2. The van der Waals surface area contributed by atoms with Crippen LogP contribution < -0.4 is 10.1 Å². The van der Waals surface area contributed by atoms with E-state index in [9.17, 15) is 0 Å². The molecular weight excluding hydrogens is 262 g/mol. The number of aromatic nitrogens is 2. The molecule has 0 saturated carbocycles. The largest absolute Gasteiger partial charge is 0.437 e. The first-order valence-electron chi connectivity index (χ1n) is 7.08. The van der Waals surface area contributed by atoms with Gasteiger partial charge in [-0.2, -0.15) is 4.98 Å². The molecule has 4 nitrogen and oxygen atoms in total. The number of nitrogens with zero attached hydrogens (tertiary/aromatic N) is 2. The molecule has 2 aromatic carbocycles. The van der Waals surface area contributed by atoms with Crippen LogP contribution in [-0.4, -0.2) is 16.5 Å². The predicted octanol–water partition coefficient (Wildman–Crippen LogP) is 4.24. The fraction of sp³-hybridized carbons (Fsp3) is 0.176. The van der Waals surface area contributed by atoms with Crippen molar-refractivity contribution in [2.24, 2.45) is 0 Å². The molecule has 3 aromatic rings. The van der Waals surface area contributed by atoms with Gasteiger partial charge in [0, 0.05) is 6.54 Å². The van der Waals surface area contributed by atoms with Crippen molar-refractivity contribution >= 4 is 16.6 Å². The average molecular weight is 279 g/mol. The zero-order valence-electron chi connectivity index (χ0n) is 11.9. The summed E-state index contributed by atoms with van der Waals surface area (Å²) in [6, 6.07) is 14.2. The molecule has 0 radical (unpaired) electrons. The topological polar surface area (TPSA) is 47.0 Å². The minimum atomic E-state index is 0.492. The van der Waals surface area contributed by atoms with Gasteiger partial charge in [0.1, 0.15) is 11.6 Å². The summed E-state index contributed by atoms with van der Waals surface area (Å²) in [7, 11) is 0. The number of nitrogens with one attached hydrogen (secondary N) is 1. The van der Waals surface area contributed by atoms with Gasteiger partial charge in [0.2, 0.25) is 5.88 Å². The summed E-state index contributed by atoms with van der Waals surface area (Å²) in [5, 5.41) is 5.53. The molecule has 1 N–H and O–H groups in total. The van der Waals surface area contributed by atoms with Gasteiger partial charge in [-0.15, -0.1) is 0 Å². The first-order chi connectivity index (χ1) is 10.3. The van der Waals surface area contributed by atoms with Gasteiger partial charge in [0.15, 0.2) is 0 Å². The summed E-state index contributed by atoms with van der Waals surface area (Å²) in [5.41, 5.74) is 0. The van der Waals surface area contributed by atoms with E-state index >= 15 is 0 Å². The van der Waals surface area contributed by atoms with Crippen molar-refractivity contribution in [1.29, 1.82) is 0 Å². The van der Waals surface area contributed by atoms with E-state index < -0.39 is 0 Å². The Morgan fingerprint density at radius 2 is 1.90 bits per heavy atom. The second-order valence-electron chi connectivity index (χ2n) is 4.78. The third kappa shape index (κ3) is 3.28. The molecule has 1 aromatic heterocycles. The molecule has 0 bridgehead atoms.